The fourth-order valence-corrected chi connectivity index (χ4v) is 3.50. The van der Waals surface area contributed by atoms with Crippen molar-refractivity contribution in [2.24, 2.45) is 0 Å². The van der Waals surface area contributed by atoms with Crippen molar-refractivity contribution in [1.29, 1.82) is 5.26 Å². The van der Waals surface area contributed by atoms with Gasteiger partial charge in [-0.15, -0.1) is 0 Å². The van der Waals surface area contributed by atoms with E-state index in [0.29, 0.717) is 6.42 Å². The van der Waals surface area contributed by atoms with Crippen molar-refractivity contribution in [3.63, 3.8) is 0 Å². The van der Waals surface area contributed by atoms with Gasteiger partial charge in [-0.05, 0) is 60.9 Å². The van der Waals surface area contributed by atoms with E-state index in [9.17, 15) is 14.4 Å². The van der Waals surface area contributed by atoms with Crippen molar-refractivity contribution in [2.75, 3.05) is 5.32 Å². The normalized spacial score (nSPS) is 14.5. The maximum Gasteiger partial charge on any atom is 0.263 e. The predicted octanol–water partition coefficient (Wildman–Crippen LogP) is 4.79. The highest BCUT2D eigenvalue weighted by Crippen LogP contribution is 2.26. The third kappa shape index (κ3) is 4.58. The van der Waals surface area contributed by atoms with Crippen molar-refractivity contribution in [2.45, 2.75) is 45.1 Å². The SMILES string of the molecule is CCC(NC(=O)/C(C#N)=C\Nc1ccccc1F)c1ccc2c(c1)CCCC2. The summed E-state index contributed by atoms with van der Waals surface area (Å²) < 4.78 is 13.7. The monoisotopic (exact) mass is 377 g/mol. The third-order valence-corrected chi connectivity index (χ3v) is 5.10. The summed E-state index contributed by atoms with van der Waals surface area (Å²) in [7, 11) is 0. The quantitative estimate of drug-likeness (QED) is 0.562. The Morgan fingerprint density at radius 3 is 2.68 bits per heavy atom. The van der Waals surface area contributed by atoms with Gasteiger partial charge in [0.05, 0.1) is 11.7 Å². The molecule has 0 aromatic heterocycles. The van der Waals surface area contributed by atoms with Gasteiger partial charge in [0.1, 0.15) is 17.5 Å². The van der Waals surface area contributed by atoms with Crippen LogP contribution in [0.3, 0.4) is 0 Å². The van der Waals surface area contributed by atoms with Gasteiger partial charge in [-0.1, -0.05) is 37.3 Å². The highest BCUT2D eigenvalue weighted by Gasteiger charge is 2.18. The molecular formula is C23H24FN3O. The maximum atomic E-state index is 13.7. The van der Waals surface area contributed by atoms with E-state index in [0.717, 1.165) is 18.4 Å². The summed E-state index contributed by atoms with van der Waals surface area (Å²) >= 11 is 0. The predicted molar refractivity (Wildman–Crippen MR) is 108 cm³/mol. The smallest absolute Gasteiger partial charge is 0.263 e. The first kappa shape index (κ1) is 19.6. The van der Waals surface area contributed by atoms with Crippen molar-refractivity contribution in [3.8, 4) is 6.07 Å². The zero-order valence-corrected chi connectivity index (χ0v) is 16.0. The second kappa shape index (κ2) is 9.18. The molecule has 0 bridgehead atoms. The van der Waals surface area contributed by atoms with E-state index in [2.05, 4.69) is 28.8 Å². The Hall–Kier alpha value is -3.13. The van der Waals surface area contributed by atoms with Gasteiger partial charge >= 0.3 is 0 Å². The van der Waals surface area contributed by atoms with Crippen molar-refractivity contribution < 1.29 is 9.18 Å². The summed E-state index contributed by atoms with van der Waals surface area (Å²) in [6, 6.07) is 14.2. The van der Waals surface area contributed by atoms with Crippen LogP contribution >= 0.6 is 0 Å². The van der Waals surface area contributed by atoms with Gasteiger partial charge in [0.2, 0.25) is 0 Å². The lowest BCUT2D eigenvalue weighted by molar-refractivity contribution is -0.117. The molecule has 0 spiro atoms. The van der Waals surface area contributed by atoms with Crippen LogP contribution in [0.5, 0.6) is 0 Å². The van der Waals surface area contributed by atoms with E-state index in [-0.39, 0.29) is 17.3 Å². The van der Waals surface area contributed by atoms with Crippen molar-refractivity contribution in [3.05, 3.63) is 76.7 Å². The Morgan fingerprint density at radius 1 is 1.21 bits per heavy atom. The minimum absolute atomic E-state index is 0.0975. The Kier molecular flexibility index (Phi) is 6.44. The van der Waals surface area contributed by atoms with E-state index in [1.165, 1.54) is 36.2 Å². The number of hydrogen-bond acceptors (Lipinski definition) is 3. The first-order valence-electron chi connectivity index (χ1n) is 9.66. The molecular weight excluding hydrogens is 353 g/mol. The van der Waals surface area contributed by atoms with Gasteiger partial charge in [-0.25, -0.2) is 4.39 Å². The molecule has 5 heteroatoms. The number of nitriles is 1. The number of nitrogens with one attached hydrogen (secondary N) is 2. The summed E-state index contributed by atoms with van der Waals surface area (Å²) in [5.74, 6) is -0.923. The van der Waals surface area contributed by atoms with Crippen LogP contribution in [0.25, 0.3) is 0 Å². The van der Waals surface area contributed by atoms with Crippen LogP contribution in [0.2, 0.25) is 0 Å². The minimum Gasteiger partial charge on any atom is -0.358 e. The number of anilines is 1. The average molecular weight is 377 g/mol. The Labute approximate surface area is 165 Å². The molecule has 2 N–H and O–H groups in total. The molecule has 2 aromatic rings. The number of hydrogen-bond donors (Lipinski definition) is 2. The number of rotatable bonds is 6. The Bertz CT molecular complexity index is 930. The third-order valence-electron chi connectivity index (χ3n) is 5.10. The van der Waals surface area contributed by atoms with Crippen LogP contribution in [0.4, 0.5) is 10.1 Å². The lowest BCUT2D eigenvalue weighted by Gasteiger charge is -2.21. The first-order valence-corrected chi connectivity index (χ1v) is 9.66. The van der Waals surface area contributed by atoms with Crippen LogP contribution in [0.15, 0.2) is 54.2 Å². The summed E-state index contributed by atoms with van der Waals surface area (Å²) in [5.41, 5.74) is 3.91. The molecule has 1 aliphatic carbocycles. The fourth-order valence-electron chi connectivity index (χ4n) is 3.50. The number of aryl methyl sites for hydroxylation is 2. The Balaban J connectivity index is 1.72. The number of fused-ring (bicyclic) bond motifs is 1. The molecule has 0 radical (unpaired) electrons. The van der Waals surface area contributed by atoms with E-state index >= 15 is 0 Å². The second-order valence-electron chi connectivity index (χ2n) is 6.96. The van der Waals surface area contributed by atoms with E-state index < -0.39 is 11.7 Å². The van der Waals surface area contributed by atoms with Crippen LogP contribution in [-0.4, -0.2) is 5.91 Å². The molecule has 1 atom stereocenters. The van der Waals surface area contributed by atoms with Gasteiger partial charge in [-0.2, -0.15) is 5.26 Å². The molecule has 3 rings (SSSR count). The van der Waals surface area contributed by atoms with Crippen LogP contribution in [0, 0.1) is 17.1 Å². The minimum atomic E-state index is -0.476. The van der Waals surface area contributed by atoms with Gasteiger partial charge in [0.15, 0.2) is 0 Å². The van der Waals surface area contributed by atoms with Crippen LogP contribution in [-0.2, 0) is 17.6 Å². The first-order chi connectivity index (χ1) is 13.6. The van der Waals surface area contributed by atoms with Crippen molar-refractivity contribution in [1.82, 2.24) is 5.32 Å². The van der Waals surface area contributed by atoms with Gasteiger partial charge in [-0.3, -0.25) is 4.79 Å². The second-order valence-corrected chi connectivity index (χ2v) is 6.96. The molecule has 0 aliphatic heterocycles. The number of halogens is 1. The largest absolute Gasteiger partial charge is 0.358 e. The Morgan fingerprint density at radius 2 is 1.96 bits per heavy atom. The topological polar surface area (TPSA) is 64.9 Å². The average Bonchev–Trinajstić information content (AvgIpc) is 2.73. The van der Waals surface area contributed by atoms with Crippen molar-refractivity contribution >= 4 is 11.6 Å². The number of para-hydroxylation sites is 1. The zero-order chi connectivity index (χ0) is 19.9. The molecule has 0 heterocycles. The summed E-state index contributed by atoms with van der Waals surface area (Å²) in [6.45, 7) is 2.00. The standard InChI is InChI=1S/C23H24FN3O/c1-2-21(18-12-11-16-7-3-4-8-17(16)13-18)27-23(28)19(14-25)15-26-22-10-6-5-9-20(22)24/h5-6,9-13,15,21,26H,2-4,7-8H2,1H3,(H,27,28)/b19-15-. The van der Waals surface area contributed by atoms with Gasteiger partial charge in [0, 0.05) is 6.20 Å². The fraction of sp³-hybridized carbons (Fsp3) is 0.304. The number of nitrogens with zero attached hydrogens (tertiary/aromatic N) is 1. The highest BCUT2D eigenvalue weighted by atomic mass is 19.1. The number of amides is 1. The summed E-state index contributed by atoms with van der Waals surface area (Å²) in [5, 5.41) is 15.0. The van der Waals surface area contributed by atoms with E-state index in [1.807, 2.05) is 13.0 Å². The summed E-state index contributed by atoms with van der Waals surface area (Å²) in [6.07, 6.45) is 6.57. The molecule has 28 heavy (non-hydrogen) atoms. The molecule has 0 saturated carbocycles. The van der Waals surface area contributed by atoms with Gasteiger partial charge < -0.3 is 10.6 Å². The number of benzene rings is 2. The number of carbonyl (C=O) groups is 1. The molecule has 0 fully saturated rings. The molecule has 0 saturated heterocycles. The zero-order valence-electron chi connectivity index (χ0n) is 16.0. The molecule has 1 unspecified atom stereocenters. The van der Waals surface area contributed by atoms with E-state index in [1.54, 1.807) is 18.2 Å². The molecule has 2 aromatic carbocycles. The molecule has 144 valence electrons. The lowest BCUT2D eigenvalue weighted by Crippen LogP contribution is -2.29. The lowest BCUT2D eigenvalue weighted by atomic mass is 9.88. The molecule has 1 amide bonds. The van der Waals surface area contributed by atoms with Crippen LogP contribution in [0.1, 0.15) is 48.9 Å². The molecule has 4 nitrogen and oxygen atoms in total. The van der Waals surface area contributed by atoms with Crippen LogP contribution < -0.4 is 10.6 Å². The maximum absolute atomic E-state index is 13.7. The van der Waals surface area contributed by atoms with E-state index in [4.69, 9.17) is 0 Å². The molecule has 1 aliphatic rings. The highest BCUT2D eigenvalue weighted by molar-refractivity contribution is 5.97. The summed E-state index contributed by atoms with van der Waals surface area (Å²) in [4.78, 5) is 12.6. The van der Waals surface area contributed by atoms with Gasteiger partial charge in [0.25, 0.3) is 5.91 Å². The number of carbonyl (C=O) groups excluding carboxylic acids is 1.